The number of carbonyl (C=O) groups is 3. The maximum absolute atomic E-state index is 13.5. The second kappa shape index (κ2) is 18.4. The van der Waals surface area contributed by atoms with Gasteiger partial charge in [0.2, 0.25) is 0 Å². The lowest BCUT2D eigenvalue weighted by Crippen LogP contribution is -2.33. The first-order valence-corrected chi connectivity index (χ1v) is 17.5. The molecule has 0 heterocycles. The van der Waals surface area contributed by atoms with Crippen molar-refractivity contribution in [3.63, 3.8) is 0 Å². The predicted octanol–water partition coefficient (Wildman–Crippen LogP) is 11.4. The minimum atomic E-state index is -4.64. The Labute approximate surface area is 291 Å². The van der Waals surface area contributed by atoms with Crippen LogP contribution in [0.25, 0.3) is 33.0 Å². The molecule has 0 saturated carbocycles. The van der Waals surface area contributed by atoms with Crippen molar-refractivity contribution < 1.29 is 42.1 Å². The highest BCUT2D eigenvalue weighted by Crippen LogP contribution is 2.35. The zero-order chi connectivity index (χ0) is 36.1. The van der Waals surface area contributed by atoms with Crippen molar-refractivity contribution in [1.82, 2.24) is 0 Å². The molecule has 9 heteroatoms. The van der Waals surface area contributed by atoms with Gasteiger partial charge in [0, 0.05) is 5.56 Å². The van der Waals surface area contributed by atoms with Crippen molar-refractivity contribution >= 4 is 28.7 Å². The summed E-state index contributed by atoms with van der Waals surface area (Å²) in [7, 11) is 0. The van der Waals surface area contributed by atoms with Crippen LogP contribution in [0, 0.1) is 0 Å². The van der Waals surface area contributed by atoms with E-state index in [-0.39, 0.29) is 17.5 Å². The Morgan fingerprint density at radius 3 is 1.84 bits per heavy atom. The van der Waals surface area contributed by atoms with Crippen LogP contribution >= 0.6 is 0 Å². The number of ether oxygens (including phenoxy) is 2. The van der Waals surface area contributed by atoms with E-state index in [9.17, 15) is 32.7 Å². The van der Waals surface area contributed by atoms with Gasteiger partial charge >= 0.3 is 24.1 Å². The first-order chi connectivity index (χ1) is 24.0. The second-order valence-corrected chi connectivity index (χ2v) is 12.6. The van der Waals surface area contributed by atoms with E-state index in [0.717, 1.165) is 37.7 Å². The van der Waals surface area contributed by atoms with Gasteiger partial charge in [-0.05, 0) is 77.1 Å². The normalized spacial score (nSPS) is 12.1. The predicted molar refractivity (Wildman–Crippen MR) is 189 cm³/mol. The molecule has 266 valence electrons. The van der Waals surface area contributed by atoms with Crippen molar-refractivity contribution in [2.24, 2.45) is 0 Å². The second-order valence-electron chi connectivity index (χ2n) is 12.6. The number of alkyl halides is 3. The Hall–Kier alpha value is -4.66. The van der Waals surface area contributed by atoms with Crippen molar-refractivity contribution in [2.45, 2.75) is 96.8 Å². The summed E-state index contributed by atoms with van der Waals surface area (Å²) in [6.45, 7) is 4.48. The Morgan fingerprint density at radius 1 is 0.660 bits per heavy atom. The maximum atomic E-state index is 13.5. The van der Waals surface area contributed by atoms with Gasteiger partial charge in [0.1, 0.15) is 0 Å². The molecule has 0 aromatic heterocycles. The third-order valence-electron chi connectivity index (χ3n) is 8.78. The fraction of sp³-hybridized carbons (Fsp3) is 0.390. The summed E-state index contributed by atoms with van der Waals surface area (Å²) in [5.41, 5.74) is 3.12. The standard InChI is InChI=1S/C41H45F3O6/c1-3-5-7-9-10-12-26-49-39(47)33-23-24-34-32(27-33)22-25-35(38(45)46)37(34)30-18-14-28(15-19-30)29-16-20-31(21-17-29)40(48)50-36(41(42,43)44)13-11-8-6-4-2/h14-25,27,36H,3-13,26H2,1-2H3,(H,45,46). The molecule has 4 rings (SSSR count). The lowest BCUT2D eigenvalue weighted by atomic mass is 9.91. The van der Waals surface area contributed by atoms with E-state index in [1.807, 2.05) is 6.92 Å². The number of hydrogen-bond acceptors (Lipinski definition) is 5. The lowest BCUT2D eigenvalue weighted by Gasteiger charge is -2.20. The molecule has 0 spiro atoms. The minimum Gasteiger partial charge on any atom is -0.478 e. The first kappa shape index (κ1) is 38.1. The van der Waals surface area contributed by atoms with Gasteiger partial charge in [-0.1, -0.05) is 114 Å². The van der Waals surface area contributed by atoms with Crippen LogP contribution < -0.4 is 0 Å². The molecule has 0 fully saturated rings. The number of fused-ring (bicyclic) bond motifs is 1. The molecule has 1 N–H and O–H groups in total. The number of hydrogen-bond donors (Lipinski definition) is 1. The number of benzene rings is 4. The molecule has 0 radical (unpaired) electrons. The molecule has 1 unspecified atom stereocenters. The quantitative estimate of drug-likeness (QED) is 0.0825. The van der Waals surface area contributed by atoms with Crippen molar-refractivity contribution in [1.29, 1.82) is 0 Å². The number of halogens is 3. The van der Waals surface area contributed by atoms with Gasteiger partial charge in [-0.15, -0.1) is 0 Å². The third-order valence-corrected chi connectivity index (χ3v) is 8.78. The van der Waals surface area contributed by atoms with Crippen LogP contribution in [0.1, 0.15) is 116 Å². The Bertz CT molecular complexity index is 1730. The fourth-order valence-electron chi connectivity index (χ4n) is 5.95. The molecule has 6 nitrogen and oxygen atoms in total. The van der Waals surface area contributed by atoms with Crippen LogP contribution in [-0.2, 0) is 9.47 Å². The number of carboxylic acid groups (broad SMARTS) is 1. The maximum Gasteiger partial charge on any atom is 0.425 e. The molecular formula is C41H45F3O6. The van der Waals surface area contributed by atoms with Gasteiger partial charge in [-0.3, -0.25) is 0 Å². The number of unbranched alkanes of at least 4 members (excludes halogenated alkanes) is 8. The van der Waals surface area contributed by atoms with Crippen LogP contribution in [0.5, 0.6) is 0 Å². The zero-order valence-corrected chi connectivity index (χ0v) is 28.7. The van der Waals surface area contributed by atoms with Crippen LogP contribution in [-0.4, -0.2) is 41.9 Å². The molecule has 0 aliphatic rings. The number of esters is 2. The monoisotopic (exact) mass is 690 g/mol. The van der Waals surface area contributed by atoms with Gasteiger partial charge in [0.15, 0.2) is 6.10 Å². The van der Waals surface area contributed by atoms with Crippen LogP contribution in [0.2, 0.25) is 0 Å². The Balaban J connectivity index is 1.48. The zero-order valence-electron chi connectivity index (χ0n) is 28.7. The van der Waals surface area contributed by atoms with Crippen LogP contribution in [0.4, 0.5) is 13.2 Å². The molecule has 0 amide bonds. The summed E-state index contributed by atoms with van der Waals surface area (Å²) in [5, 5.41) is 11.4. The molecular weight excluding hydrogens is 645 g/mol. The van der Waals surface area contributed by atoms with Crippen molar-refractivity contribution in [3.8, 4) is 22.3 Å². The van der Waals surface area contributed by atoms with Crippen LogP contribution in [0.15, 0.2) is 78.9 Å². The average molecular weight is 691 g/mol. The number of carboxylic acids is 1. The van der Waals surface area contributed by atoms with Crippen molar-refractivity contribution in [3.05, 3.63) is 95.6 Å². The summed E-state index contributed by atoms with van der Waals surface area (Å²) in [6.07, 6.45) is 2.10. The minimum absolute atomic E-state index is 0.0145. The molecule has 0 aliphatic heterocycles. The van der Waals surface area contributed by atoms with E-state index >= 15 is 0 Å². The van der Waals surface area contributed by atoms with Gasteiger partial charge < -0.3 is 14.6 Å². The van der Waals surface area contributed by atoms with Crippen LogP contribution in [0.3, 0.4) is 0 Å². The molecule has 0 bridgehead atoms. The van der Waals surface area contributed by atoms with E-state index in [2.05, 4.69) is 6.92 Å². The largest absolute Gasteiger partial charge is 0.478 e. The molecule has 1 atom stereocenters. The highest BCUT2D eigenvalue weighted by atomic mass is 19.4. The lowest BCUT2D eigenvalue weighted by molar-refractivity contribution is -0.206. The van der Waals surface area contributed by atoms with Gasteiger partial charge in [0.05, 0.1) is 23.3 Å². The Kier molecular flexibility index (Phi) is 14.0. The summed E-state index contributed by atoms with van der Waals surface area (Å²) in [4.78, 5) is 37.6. The SMILES string of the molecule is CCCCCCCCOC(=O)c1ccc2c(-c3ccc(-c4ccc(C(=O)OC(CCCCCC)C(F)(F)F)cc4)cc3)c(C(=O)O)ccc2c1. The fourth-order valence-corrected chi connectivity index (χ4v) is 5.95. The summed E-state index contributed by atoms with van der Waals surface area (Å²) >= 11 is 0. The summed E-state index contributed by atoms with van der Waals surface area (Å²) in [6, 6.07) is 21.6. The number of aromatic carboxylic acids is 1. The van der Waals surface area contributed by atoms with E-state index in [0.29, 0.717) is 52.5 Å². The van der Waals surface area contributed by atoms with Gasteiger partial charge in [-0.2, -0.15) is 13.2 Å². The Morgan fingerprint density at radius 2 is 1.22 bits per heavy atom. The van der Waals surface area contributed by atoms with E-state index in [1.54, 1.807) is 60.7 Å². The van der Waals surface area contributed by atoms with Crippen molar-refractivity contribution in [2.75, 3.05) is 6.61 Å². The summed E-state index contributed by atoms with van der Waals surface area (Å²) in [5.74, 6) is -2.55. The van der Waals surface area contributed by atoms with Gasteiger partial charge in [-0.25, -0.2) is 14.4 Å². The molecule has 4 aromatic rings. The third kappa shape index (κ3) is 10.4. The topological polar surface area (TPSA) is 89.9 Å². The summed E-state index contributed by atoms with van der Waals surface area (Å²) < 4.78 is 50.9. The number of carbonyl (C=O) groups excluding carboxylic acids is 2. The molecule has 4 aromatic carbocycles. The first-order valence-electron chi connectivity index (χ1n) is 17.5. The van der Waals surface area contributed by atoms with E-state index < -0.39 is 30.2 Å². The van der Waals surface area contributed by atoms with E-state index in [4.69, 9.17) is 9.47 Å². The highest BCUT2D eigenvalue weighted by Gasteiger charge is 2.42. The molecule has 0 saturated heterocycles. The average Bonchev–Trinajstić information content (AvgIpc) is 3.11. The smallest absolute Gasteiger partial charge is 0.425 e. The molecule has 0 aliphatic carbocycles. The number of rotatable bonds is 18. The van der Waals surface area contributed by atoms with Gasteiger partial charge in [0.25, 0.3) is 0 Å². The molecule has 50 heavy (non-hydrogen) atoms. The highest BCUT2D eigenvalue weighted by molar-refractivity contribution is 6.09. The van der Waals surface area contributed by atoms with E-state index in [1.165, 1.54) is 37.5 Å².